The summed E-state index contributed by atoms with van der Waals surface area (Å²) in [6, 6.07) is 7.25. The van der Waals surface area contributed by atoms with Crippen LogP contribution in [0.5, 0.6) is 17.2 Å². The number of nitrogens with two attached hydrogens (primary N) is 2. The lowest BCUT2D eigenvalue weighted by Crippen LogP contribution is -2.68. The first-order chi connectivity index (χ1) is 23.9. The van der Waals surface area contributed by atoms with Crippen LogP contribution >= 0.6 is 0 Å². The van der Waals surface area contributed by atoms with Crippen LogP contribution in [-0.2, 0) is 28.9 Å². The van der Waals surface area contributed by atoms with E-state index in [4.69, 9.17) is 25.7 Å². The summed E-state index contributed by atoms with van der Waals surface area (Å²) in [5.41, 5.74) is 9.79. The minimum atomic E-state index is -2.14. The number of ether oxygens (including phenoxy) is 3. The molecule has 50 heavy (non-hydrogen) atoms. The first kappa shape index (κ1) is 36.2. The molecule has 2 aromatic carbocycles. The van der Waals surface area contributed by atoms with Gasteiger partial charge in [0.15, 0.2) is 11.7 Å². The minimum absolute atomic E-state index is 0.0439. The van der Waals surface area contributed by atoms with Gasteiger partial charge in [-0.1, -0.05) is 0 Å². The second-order valence-corrected chi connectivity index (χ2v) is 12.0. The largest absolute Gasteiger partial charge is 0.507 e. The number of aryl methyl sites for hydroxylation is 2. The molecule has 16 nitrogen and oxygen atoms in total. The van der Waals surface area contributed by atoms with Gasteiger partial charge in [0.1, 0.15) is 53.3 Å². The number of carbonyl (C=O) groups excluding carboxylic acids is 3. The fraction of sp³-hybridized carbons (Fsp3) is 0.382. The Balaban J connectivity index is 1.51. The van der Waals surface area contributed by atoms with Crippen LogP contribution in [0, 0.1) is 0 Å². The Morgan fingerprint density at radius 1 is 1.14 bits per heavy atom. The van der Waals surface area contributed by atoms with E-state index in [1.807, 2.05) is 0 Å². The second-order valence-electron chi connectivity index (χ2n) is 12.0. The van der Waals surface area contributed by atoms with Crippen molar-refractivity contribution in [1.82, 2.24) is 10.3 Å². The predicted molar refractivity (Wildman–Crippen MR) is 177 cm³/mol. The number of methoxy groups -OCH3 is 1. The van der Waals surface area contributed by atoms with Gasteiger partial charge in [-0.15, -0.1) is 0 Å². The third-order valence-corrected chi connectivity index (χ3v) is 9.01. The molecule has 0 radical (unpaired) electrons. The molecule has 3 aromatic rings. The molecule has 0 spiro atoms. The van der Waals surface area contributed by atoms with E-state index in [2.05, 4.69) is 15.3 Å². The number of phenols is 1. The number of guanidine groups is 1. The van der Waals surface area contributed by atoms with Crippen LogP contribution in [0.4, 0.5) is 5.82 Å². The van der Waals surface area contributed by atoms with Gasteiger partial charge >= 0.3 is 0 Å². The highest BCUT2D eigenvalue weighted by molar-refractivity contribution is 6.30. The van der Waals surface area contributed by atoms with Gasteiger partial charge in [0, 0.05) is 49.0 Å². The molecule has 5 rings (SSSR count). The summed E-state index contributed by atoms with van der Waals surface area (Å²) in [6.45, 7) is -0.874. The molecule has 0 bridgehead atoms. The molecule has 16 heteroatoms. The van der Waals surface area contributed by atoms with Crippen LogP contribution < -0.4 is 26.3 Å². The van der Waals surface area contributed by atoms with Crippen molar-refractivity contribution in [2.45, 2.75) is 62.4 Å². The van der Waals surface area contributed by atoms with Crippen LogP contribution in [0.25, 0.3) is 0 Å². The average Bonchev–Trinajstić information content (AvgIpc) is 3.11. The Labute approximate surface area is 286 Å². The van der Waals surface area contributed by atoms with E-state index in [1.165, 1.54) is 38.6 Å². The SMILES string of the molecule is CN=C(N)NCc1c(CCC=O)cc2c(c1O)C(=O)c1c(OC3OC(CO)C(O)(CCc4ccnc(N)c4)C(O)C3O)cc(OC)cc1C2=O. The molecule has 1 saturated heterocycles. The Hall–Kier alpha value is -5.13. The molecule has 1 aliphatic carbocycles. The fourth-order valence-electron chi connectivity index (χ4n) is 6.27. The molecule has 2 heterocycles. The number of aliphatic imine (C=N–C) groups is 1. The van der Waals surface area contributed by atoms with Gasteiger partial charge in [0.25, 0.3) is 0 Å². The lowest BCUT2D eigenvalue weighted by atomic mass is 9.79. The van der Waals surface area contributed by atoms with E-state index in [-0.39, 0.29) is 83.3 Å². The zero-order valence-electron chi connectivity index (χ0n) is 27.3. The first-order valence-electron chi connectivity index (χ1n) is 15.7. The van der Waals surface area contributed by atoms with Crippen LogP contribution in [0.15, 0.2) is 41.5 Å². The number of fused-ring (bicyclic) bond motifs is 2. The summed E-state index contributed by atoms with van der Waals surface area (Å²) in [5, 5.41) is 58.3. The van der Waals surface area contributed by atoms with Crippen molar-refractivity contribution < 1.29 is 54.1 Å². The molecule has 5 unspecified atom stereocenters. The molecule has 1 aliphatic heterocycles. The van der Waals surface area contributed by atoms with Gasteiger partial charge in [-0.3, -0.25) is 14.6 Å². The fourth-order valence-corrected chi connectivity index (χ4v) is 6.27. The number of aromatic nitrogens is 1. The highest BCUT2D eigenvalue weighted by Crippen LogP contribution is 2.43. The zero-order valence-corrected chi connectivity index (χ0v) is 27.3. The Kier molecular flexibility index (Phi) is 10.7. The number of anilines is 1. The summed E-state index contributed by atoms with van der Waals surface area (Å²) in [5.74, 6) is -1.93. The van der Waals surface area contributed by atoms with Crippen molar-refractivity contribution in [3.8, 4) is 17.2 Å². The van der Waals surface area contributed by atoms with Gasteiger partial charge in [0.05, 0.1) is 24.8 Å². The monoisotopic (exact) mass is 693 g/mol. The molecule has 1 fully saturated rings. The number of rotatable bonds is 12. The highest BCUT2D eigenvalue weighted by atomic mass is 16.7. The third kappa shape index (κ3) is 6.71. The number of hydrogen-bond acceptors (Lipinski definition) is 14. The number of benzene rings is 2. The number of carbonyl (C=O) groups is 3. The summed E-state index contributed by atoms with van der Waals surface area (Å²) < 4.78 is 17.1. The van der Waals surface area contributed by atoms with Crippen molar-refractivity contribution in [2.24, 2.45) is 10.7 Å². The number of aliphatic hydroxyl groups is 4. The second kappa shape index (κ2) is 14.8. The quantitative estimate of drug-likeness (QED) is 0.0528. The van der Waals surface area contributed by atoms with E-state index < -0.39 is 54.1 Å². The van der Waals surface area contributed by atoms with E-state index >= 15 is 0 Å². The number of nitrogens with one attached hydrogen (secondary N) is 1. The van der Waals surface area contributed by atoms with Gasteiger partial charge in [0.2, 0.25) is 12.1 Å². The number of nitrogen functional groups attached to an aromatic ring is 1. The summed E-state index contributed by atoms with van der Waals surface area (Å²) in [6.07, 6.45) is -4.63. The maximum atomic E-state index is 14.2. The number of nitrogens with zero attached hydrogens (tertiary/aromatic N) is 2. The summed E-state index contributed by atoms with van der Waals surface area (Å²) in [7, 11) is 2.77. The lowest BCUT2D eigenvalue weighted by molar-refractivity contribution is -0.314. The number of ketones is 2. The molecular formula is C34H39N5O11. The molecule has 1 aromatic heterocycles. The molecule has 0 saturated carbocycles. The molecule has 10 N–H and O–H groups in total. The van der Waals surface area contributed by atoms with E-state index in [1.54, 1.807) is 12.1 Å². The standard InChI is InChI=1S/C34H39N5O11/c1-37-33(36)39-14-21-17(4-3-9-40)11-19-26(28(21)43)29(44)25-20(27(19)42)12-18(48-2)13-22(25)49-32-30(45)31(46)34(47,23(15-41)50-32)7-5-16-6-8-38-24(35)10-16/h6,8-13,23,30-32,41,43,45-47H,3-5,7,14-15H2,1-2H3,(H2,35,38)(H3,36,37,39). The number of aromatic hydroxyl groups is 1. The molecule has 5 atom stereocenters. The minimum Gasteiger partial charge on any atom is -0.507 e. The lowest BCUT2D eigenvalue weighted by Gasteiger charge is -2.47. The molecule has 0 amide bonds. The Morgan fingerprint density at radius 3 is 2.54 bits per heavy atom. The van der Waals surface area contributed by atoms with Gasteiger partial charge in [-0.05, 0) is 54.7 Å². The zero-order chi connectivity index (χ0) is 36.3. The molecular weight excluding hydrogens is 654 g/mol. The Morgan fingerprint density at radius 2 is 1.88 bits per heavy atom. The predicted octanol–water partition coefficient (Wildman–Crippen LogP) is -0.499. The van der Waals surface area contributed by atoms with Crippen molar-refractivity contribution in [3.05, 3.63) is 75.5 Å². The third-order valence-electron chi connectivity index (χ3n) is 9.01. The van der Waals surface area contributed by atoms with Crippen molar-refractivity contribution in [1.29, 1.82) is 0 Å². The topological polar surface area (TPSA) is 269 Å². The van der Waals surface area contributed by atoms with Crippen LogP contribution in [0.3, 0.4) is 0 Å². The van der Waals surface area contributed by atoms with E-state index in [9.17, 15) is 39.9 Å². The molecule has 266 valence electrons. The summed E-state index contributed by atoms with van der Waals surface area (Å²) in [4.78, 5) is 47.1. The van der Waals surface area contributed by atoms with Gasteiger partial charge in [-0.2, -0.15) is 0 Å². The maximum Gasteiger partial charge on any atom is 0.229 e. The van der Waals surface area contributed by atoms with Crippen LogP contribution in [-0.4, -0.2) is 105 Å². The van der Waals surface area contributed by atoms with Gasteiger partial charge < -0.3 is 61.3 Å². The maximum absolute atomic E-state index is 14.2. The smallest absolute Gasteiger partial charge is 0.229 e. The number of hydrogen-bond donors (Lipinski definition) is 8. The van der Waals surface area contributed by atoms with Crippen molar-refractivity contribution in [2.75, 3.05) is 26.5 Å². The summed E-state index contributed by atoms with van der Waals surface area (Å²) >= 11 is 0. The van der Waals surface area contributed by atoms with Crippen LogP contribution in [0.1, 0.15) is 61.4 Å². The normalized spacial score (nSPS) is 23.2. The van der Waals surface area contributed by atoms with E-state index in [0.29, 0.717) is 17.4 Å². The number of pyridine rings is 1. The number of aliphatic hydroxyl groups excluding tert-OH is 3. The van der Waals surface area contributed by atoms with E-state index in [0.717, 1.165) is 0 Å². The first-order valence-corrected chi connectivity index (χ1v) is 15.7. The highest BCUT2D eigenvalue weighted by Gasteiger charge is 2.55. The van der Waals surface area contributed by atoms with Crippen LogP contribution in [0.2, 0.25) is 0 Å². The Bertz CT molecular complexity index is 1830. The average molecular weight is 694 g/mol. The number of phenolic OH excluding ortho intramolecular Hbond substituents is 1. The molecule has 2 aliphatic rings. The van der Waals surface area contributed by atoms with Crippen molar-refractivity contribution in [3.63, 3.8) is 0 Å². The number of aldehydes is 1. The van der Waals surface area contributed by atoms with Gasteiger partial charge in [-0.25, -0.2) is 4.98 Å². The van der Waals surface area contributed by atoms with Crippen molar-refractivity contribution >= 4 is 29.6 Å².